The summed E-state index contributed by atoms with van der Waals surface area (Å²) >= 11 is 6.04. The molecule has 1 aliphatic carbocycles. The van der Waals surface area contributed by atoms with Crippen LogP contribution in [0.25, 0.3) is 0 Å². The summed E-state index contributed by atoms with van der Waals surface area (Å²) in [7, 11) is 0. The zero-order chi connectivity index (χ0) is 13.9. The first-order valence-corrected chi connectivity index (χ1v) is 7.25. The van der Waals surface area contributed by atoms with Crippen LogP contribution >= 0.6 is 11.6 Å². The number of carbonyl (C=O) groups excluding carboxylic acids is 1. The van der Waals surface area contributed by atoms with Gasteiger partial charge in [0.1, 0.15) is 0 Å². The fraction of sp³-hybridized carbons (Fsp3) is 0.235. The van der Waals surface area contributed by atoms with Gasteiger partial charge in [0, 0.05) is 28.4 Å². The van der Waals surface area contributed by atoms with E-state index in [0.717, 1.165) is 18.2 Å². The molecule has 0 radical (unpaired) electrons. The van der Waals surface area contributed by atoms with Crippen molar-refractivity contribution in [1.29, 1.82) is 0 Å². The zero-order valence-electron chi connectivity index (χ0n) is 11.1. The molecule has 0 aliphatic heterocycles. The van der Waals surface area contributed by atoms with Gasteiger partial charge in [-0.1, -0.05) is 41.9 Å². The zero-order valence-corrected chi connectivity index (χ0v) is 11.9. The fourth-order valence-corrected chi connectivity index (χ4v) is 2.35. The molecule has 0 amide bonds. The summed E-state index contributed by atoms with van der Waals surface area (Å²) in [6, 6.07) is 14.7. The summed E-state index contributed by atoms with van der Waals surface area (Å²) < 4.78 is 0. The van der Waals surface area contributed by atoms with E-state index in [1.807, 2.05) is 42.5 Å². The molecule has 0 aromatic heterocycles. The Morgan fingerprint density at radius 2 is 1.90 bits per heavy atom. The second-order valence-electron chi connectivity index (χ2n) is 5.21. The van der Waals surface area contributed by atoms with Crippen molar-refractivity contribution in [2.45, 2.75) is 12.8 Å². The lowest BCUT2D eigenvalue weighted by Gasteiger charge is -2.11. The van der Waals surface area contributed by atoms with Crippen LogP contribution in [-0.2, 0) is 0 Å². The molecule has 1 aliphatic rings. The van der Waals surface area contributed by atoms with Crippen LogP contribution < -0.4 is 5.32 Å². The predicted molar refractivity (Wildman–Crippen MR) is 82.5 cm³/mol. The third kappa shape index (κ3) is 3.02. The minimum Gasteiger partial charge on any atom is -0.384 e. The maximum Gasteiger partial charge on any atom is 0.195 e. The van der Waals surface area contributed by atoms with Crippen LogP contribution in [-0.4, -0.2) is 12.3 Å². The van der Waals surface area contributed by atoms with Gasteiger partial charge in [-0.3, -0.25) is 4.79 Å². The van der Waals surface area contributed by atoms with E-state index in [1.54, 1.807) is 6.07 Å². The first kappa shape index (κ1) is 13.2. The molecule has 1 N–H and O–H groups in total. The standard InChI is InChI=1S/C17H16ClNO/c18-14-8-9-16(19-11-12-6-7-12)15(10-14)17(20)13-4-2-1-3-5-13/h1-5,8-10,12,19H,6-7,11H2. The summed E-state index contributed by atoms with van der Waals surface area (Å²) in [5.74, 6) is 0.761. The van der Waals surface area contributed by atoms with Gasteiger partial charge < -0.3 is 5.32 Å². The highest BCUT2D eigenvalue weighted by molar-refractivity contribution is 6.31. The Morgan fingerprint density at radius 3 is 2.60 bits per heavy atom. The average molecular weight is 286 g/mol. The van der Waals surface area contributed by atoms with Crippen LogP contribution in [0.15, 0.2) is 48.5 Å². The van der Waals surface area contributed by atoms with E-state index in [-0.39, 0.29) is 5.78 Å². The third-order valence-electron chi connectivity index (χ3n) is 3.54. The Morgan fingerprint density at radius 1 is 1.15 bits per heavy atom. The number of anilines is 1. The molecule has 0 bridgehead atoms. The Bertz CT molecular complexity index is 620. The van der Waals surface area contributed by atoms with Gasteiger partial charge in [-0.2, -0.15) is 0 Å². The van der Waals surface area contributed by atoms with Gasteiger partial charge in [-0.15, -0.1) is 0 Å². The average Bonchev–Trinajstić information content (AvgIpc) is 3.30. The molecular weight excluding hydrogens is 270 g/mol. The maximum absolute atomic E-state index is 12.6. The predicted octanol–water partition coefficient (Wildman–Crippen LogP) is 4.39. The molecule has 1 saturated carbocycles. The normalized spacial score (nSPS) is 14.1. The number of benzene rings is 2. The van der Waals surface area contributed by atoms with Gasteiger partial charge >= 0.3 is 0 Å². The largest absolute Gasteiger partial charge is 0.384 e. The van der Waals surface area contributed by atoms with Crippen molar-refractivity contribution < 1.29 is 4.79 Å². The summed E-state index contributed by atoms with van der Waals surface area (Å²) in [4.78, 5) is 12.6. The van der Waals surface area contributed by atoms with Gasteiger partial charge in [-0.05, 0) is 37.0 Å². The highest BCUT2D eigenvalue weighted by Gasteiger charge is 2.22. The Labute approximate surface area is 123 Å². The quantitative estimate of drug-likeness (QED) is 0.825. The van der Waals surface area contributed by atoms with Crippen molar-refractivity contribution in [2.75, 3.05) is 11.9 Å². The lowest BCUT2D eigenvalue weighted by atomic mass is 10.0. The summed E-state index contributed by atoms with van der Waals surface area (Å²) in [5.41, 5.74) is 2.20. The molecule has 3 heteroatoms. The molecule has 0 spiro atoms. The number of rotatable bonds is 5. The molecule has 2 aromatic rings. The molecule has 102 valence electrons. The highest BCUT2D eigenvalue weighted by Crippen LogP contribution is 2.30. The van der Waals surface area contributed by atoms with E-state index in [2.05, 4.69) is 5.32 Å². The van der Waals surface area contributed by atoms with Gasteiger partial charge in [-0.25, -0.2) is 0 Å². The molecule has 0 unspecified atom stereocenters. The smallest absolute Gasteiger partial charge is 0.195 e. The monoisotopic (exact) mass is 285 g/mol. The number of ketones is 1. The molecule has 1 fully saturated rings. The lowest BCUT2D eigenvalue weighted by molar-refractivity contribution is 0.103. The molecule has 20 heavy (non-hydrogen) atoms. The third-order valence-corrected chi connectivity index (χ3v) is 3.78. The van der Waals surface area contributed by atoms with E-state index >= 15 is 0 Å². The number of hydrogen-bond acceptors (Lipinski definition) is 2. The second kappa shape index (κ2) is 5.68. The number of hydrogen-bond donors (Lipinski definition) is 1. The Kier molecular flexibility index (Phi) is 3.75. The highest BCUT2D eigenvalue weighted by atomic mass is 35.5. The van der Waals surface area contributed by atoms with Crippen molar-refractivity contribution >= 4 is 23.1 Å². The van der Waals surface area contributed by atoms with Gasteiger partial charge in [0.25, 0.3) is 0 Å². The molecule has 3 rings (SSSR count). The summed E-state index contributed by atoms with van der Waals surface area (Å²) in [5, 5.41) is 3.96. The second-order valence-corrected chi connectivity index (χ2v) is 5.65. The number of nitrogens with one attached hydrogen (secondary N) is 1. The number of halogens is 1. The molecule has 0 atom stereocenters. The van der Waals surface area contributed by atoms with Crippen molar-refractivity contribution in [1.82, 2.24) is 0 Å². The minimum atomic E-state index is 0.00592. The molecular formula is C17H16ClNO. The van der Waals surface area contributed by atoms with Crippen molar-refractivity contribution in [3.8, 4) is 0 Å². The van der Waals surface area contributed by atoms with Crippen LogP contribution in [0.3, 0.4) is 0 Å². The summed E-state index contributed by atoms with van der Waals surface area (Å²) in [6.07, 6.45) is 2.56. The SMILES string of the molecule is O=C(c1ccccc1)c1cc(Cl)ccc1NCC1CC1. The molecule has 0 heterocycles. The van der Waals surface area contributed by atoms with E-state index in [1.165, 1.54) is 12.8 Å². The van der Waals surface area contributed by atoms with E-state index in [0.29, 0.717) is 16.1 Å². The first-order valence-electron chi connectivity index (χ1n) is 6.87. The van der Waals surface area contributed by atoms with Crippen LogP contribution in [0, 0.1) is 5.92 Å². The van der Waals surface area contributed by atoms with Crippen molar-refractivity contribution in [3.63, 3.8) is 0 Å². The van der Waals surface area contributed by atoms with Crippen LogP contribution in [0.5, 0.6) is 0 Å². The maximum atomic E-state index is 12.6. The first-order chi connectivity index (χ1) is 9.74. The Hall–Kier alpha value is -1.80. The summed E-state index contributed by atoms with van der Waals surface area (Å²) in [6.45, 7) is 0.927. The van der Waals surface area contributed by atoms with Crippen molar-refractivity contribution in [2.24, 2.45) is 5.92 Å². The van der Waals surface area contributed by atoms with Crippen LogP contribution in [0.1, 0.15) is 28.8 Å². The van der Waals surface area contributed by atoms with Gasteiger partial charge in [0.2, 0.25) is 0 Å². The van der Waals surface area contributed by atoms with E-state index in [9.17, 15) is 4.79 Å². The van der Waals surface area contributed by atoms with Crippen molar-refractivity contribution in [3.05, 3.63) is 64.7 Å². The Balaban J connectivity index is 1.89. The van der Waals surface area contributed by atoms with Crippen LogP contribution in [0.2, 0.25) is 5.02 Å². The molecule has 0 saturated heterocycles. The fourth-order valence-electron chi connectivity index (χ4n) is 2.18. The molecule has 2 aromatic carbocycles. The minimum absolute atomic E-state index is 0.00592. The molecule has 2 nitrogen and oxygen atoms in total. The van der Waals surface area contributed by atoms with E-state index < -0.39 is 0 Å². The van der Waals surface area contributed by atoms with Gasteiger partial charge in [0.15, 0.2) is 5.78 Å². The van der Waals surface area contributed by atoms with Gasteiger partial charge in [0.05, 0.1) is 0 Å². The van der Waals surface area contributed by atoms with Crippen LogP contribution in [0.4, 0.5) is 5.69 Å². The van der Waals surface area contributed by atoms with E-state index in [4.69, 9.17) is 11.6 Å². The topological polar surface area (TPSA) is 29.1 Å². The number of carbonyl (C=O) groups is 1. The lowest BCUT2D eigenvalue weighted by Crippen LogP contribution is -2.10.